The van der Waals surface area contributed by atoms with Gasteiger partial charge in [-0.2, -0.15) is 0 Å². The van der Waals surface area contributed by atoms with Crippen LogP contribution >= 0.6 is 0 Å². The molecule has 6 heteroatoms. The third-order valence-corrected chi connectivity index (χ3v) is 2.99. The number of rotatable bonds is 11. The molecule has 0 aliphatic rings. The molecule has 20 heavy (non-hydrogen) atoms. The summed E-state index contributed by atoms with van der Waals surface area (Å²) in [7, 11) is 2.65. The van der Waals surface area contributed by atoms with Gasteiger partial charge in [-0.15, -0.1) is 0 Å². The number of carbonyl (C=O) groups excluding carboxylic acids is 3. The Morgan fingerprint density at radius 3 is 1.80 bits per heavy atom. The number of carbonyl (C=O) groups is 3. The Balaban J connectivity index is 3.61. The molecule has 0 heterocycles. The van der Waals surface area contributed by atoms with Gasteiger partial charge < -0.3 is 14.6 Å². The Labute approximate surface area is 119 Å². The molecule has 0 aromatic heterocycles. The van der Waals surface area contributed by atoms with Crippen LogP contribution in [0.25, 0.3) is 0 Å². The summed E-state index contributed by atoms with van der Waals surface area (Å²) in [4.78, 5) is 33.3. The summed E-state index contributed by atoms with van der Waals surface area (Å²) in [5.41, 5.74) is 0. The summed E-state index contributed by atoms with van der Waals surface area (Å²) in [6.07, 6.45) is 2.56. The first-order valence-corrected chi connectivity index (χ1v) is 6.85. The monoisotopic (exact) mass is 288 g/mol. The van der Waals surface area contributed by atoms with E-state index in [0.29, 0.717) is 44.9 Å². The average Bonchev–Trinajstić information content (AvgIpc) is 2.46. The Morgan fingerprint density at radius 1 is 0.850 bits per heavy atom. The van der Waals surface area contributed by atoms with Gasteiger partial charge in [0.25, 0.3) is 0 Å². The fourth-order valence-corrected chi connectivity index (χ4v) is 1.71. The van der Waals surface area contributed by atoms with Gasteiger partial charge in [-0.25, -0.2) is 0 Å². The van der Waals surface area contributed by atoms with Gasteiger partial charge in [-0.05, 0) is 32.1 Å². The molecule has 0 aliphatic heterocycles. The van der Waals surface area contributed by atoms with Gasteiger partial charge in [0.15, 0.2) is 5.78 Å². The summed E-state index contributed by atoms with van der Waals surface area (Å²) in [5.74, 6) is -0.789. The lowest BCUT2D eigenvalue weighted by Gasteiger charge is -2.09. The van der Waals surface area contributed by atoms with Crippen molar-refractivity contribution in [3.63, 3.8) is 0 Å². The molecular weight excluding hydrogens is 264 g/mol. The molecular formula is C14H24O6. The highest BCUT2D eigenvalue weighted by Crippen LogP contribution is 2.09. The van der Waals surface area contributed by atoms with Crippen LogP contribution in [-0.4, -0.2) is 43.2 Å². The molecule has 6 nitrogen and oxygen atoms in total. The van der Waals surface area contributed by atoms with Gasteiger partial charge >= 0.3 is 11.9 Å². The summed E-state index contributed by atoms with van der Waals surface area (Å²) in [5, 5.41) is 9.64. The van der Waals surface area contributed by atoms with Crippen molar-refractivity contribution in [1.29, 1.82) is 0 Å². The molecule has 1 unspecified atom stereocenters. The summed E-state index contributed by atoms with van der Waals surface area (Å²) < 4.78 is 8.98. The molecule has 0 fully saturated rings. The molecule has 0 aromatic carbocycles. The van der Waals surface area contributed by atoms with Crippen LogP contribution in [0, 0.1) is 0 Å². The smallest absolute Gasteiger partial charge is 0.305 e. The molecule has 0 amide bonds. The quantitative estimate of drug-likeness (QED) is 0.456. The highest BCUT2D eigenvalue weighted by Gasteiger charge is 2.14. The van der Waals surface area contributed by atoms with Crippen LogP contribution in [0.2, 0.25) is 0 Å². The van der Waals surface area contributed by atoms with Crippen LogP contribution in [0.4, 0.5) is 0 Å². The molecule has 0 aromatic rings. The Bertz CT molecular complexity index is 313. The standard InChI is InChI=1S/C14H24O6/c1-19-13(17)9-5-3-7-11(15)12(16)8-4-6-10-14(18)20-2/h11,15H,3-10H2,1-2H3. The molecule has 0 saturated carbocycles. The van der Waals surface area contributed by atoms with Gasteiger partial charge in [0.05, 0.1) is 14.2 Å². The molecule has 0 bridgehead atoms. The van der Waals surface area contributed by atoms with Crippen LogP contribution in [-0.2, 0) is 23.9 Å². The van der Waals surface area contributed by atoms with Crippen molar-refractivity contribution in [3.8, 4) is 0 Å². The topological polar surface area (TPSA) is 89.9 Å². The second kappa shape index (κ2) is 11.4. The maximum Gasteiger partial charge on any atom is 0.305 e. The minimum absolute atomic E-state index is 0.215. The number of esters is 2. The van der Waals surface area contributed by atoms with Crippen LogP contribution in [0.15, 0.2) is 0 Å². The molecule has 116 valence electrons. The number of aliphatic hydroxyl groups is 1. The maximum absolute atomic E-state index is 11.6. The van der Waals surface area contributed by atoms with Gasteiger partial charge in [0.1, 0.15) is 6.10 Å². The van der Waals surface area contributed by atoms with Crippen molar-refractivity contribution >= 4 is 17.7 Å². The zero-order valence-electron chi connectivity index (χ0n) is 12.2. The van der Waals surface area contributed by atoms with E-state index in [2.05, 4.69) is 9.47 Å². The zero-order valence-corrected chi connectivity index (χ0v) is 12.2. The summed E-state index contributed by atoms with van der Waals surface area (Å²) in [6, 6.07) is 0. The fourth-order valence-electron chi connectivity index (χ4n) is 1.71. The zero-order chi connectivity index (χ0) is 15.4. The van der Waals surface area contributed by atoms with Crippen LogP contribution in [0.1, 0.15) is 51.4 Å². The van der Waals surface area contributed by atoms with E-state index in [4.69, 9.17) is 0 Å². The number of aliphatic hydroxyl groups excluding tert-OH is 1. The fraction of sp³-hybridized carbons (Fsp3) is 0.786. The Kier molecular flexibility index (Phi) is 10.6. The minimum Gasteiger partial charge on any atom is -0.469 e. The van der Waals surface area contributed by atoms with E-state index in [9.17, 15) is 19.5 Å². The first kappa shape index (κ1) is 18.6. The number of methoxy groups -OCH3 is 2. The van der Waals surface area contributed by atoms with Crippen molar-refractivity contribution in [2.75, 3.05) is 14.2 Å². The summed E-state index contributed by atoms with van der Waals surface area (Å²) in [6.45, 7) is 0. The molecule has 1 atom stereocenters. The number of unbranched alkanes of at least 4 members (excludes halogenated alkanes) is 2. The van der Waals surface area contributed by atoms with Gasteiger partial charge in [0.2, 0.25) is 0 Å². The number of ketones is 1. The molecule has 0 rings (SSSR count). The van der Waals surface area contributed by atoms with E-state index in [1.54, 1.807) is 0 Å². The number of hydrogen-bond donors (Lipinski definition) is 1. The normalized spacial score (nSPS) is 11.8. The SMILES string of the molecule is COC(=O)CCCCC(=O)C(O)CCCCC(=O)OC. The lowest BCUT2D eigenvalue weighted by molar-refractivity contribution is -0.141. The summed E-state index contributed by atoms with van der Waals surface area (Å²) >= 11 is 0. The van der Waals surface area contributed by atoms with E-state index >= 15 is 0 Å². The lowest BCUT2D eigenvalue weighted by Crippen LogP contribution is -2.20. The predicted octanol–water partition coefficient (Wildman–Crippen LogP) is 1.38. The van der Waals surface area contributed by atoms with Gasteiger partial charge in [-0.1, -0.05) is 0 Å². The average molecular weight is 288 g/mol. The highest BCUT2D eigenvalue weighted by molar-refractivity contribution is 5.82. The number of hydrogen-bond acceptors (Lipinski definition) is 6. The second-order valence-corrected chi connectivity index (χ2v) is 4.59. The van der Waals surface area contributed by atoms with Crippen molar-refractivity contribution in [2.24, 2.45) is 0 Å². The molecule has 0 aliphatic carbocycles. The first-order valence-electron chi connectivity index (χ1n) is 6.85. The largest absolute Gasteiger partial charge is 0.469 e. The second-order valence-electron chi connectivity index (χ2n) is 4.59. The van der Waals surface area contributed by atoms with Crippen LogP contribution < -0.4 is 0 Å². The third-order valence-electron chi connectivity index (χ3n) is 2.99. The van der Waals surface area contributed by atoms with E-state index < -0.39 is 6.10 Å². The predicted molar refractivity (Wildman–Crippen MR) is 72.0 cm³/mol. The first-order chi connectivity index (χ1) is 9.51. The van der Waals surface area contributed by atoms with Crippen LogP contribution in [0.3, 0.4) is 0 Å². The van der Waals surface area contributed by atoms with Gasteiger partial charge in [0, 0.05) is 19.3 Å². The molecule has 1 N–H and O–H groups in total. The highest BCUT2D eigenvalue weighted by atomic mass is 16.5. The van der Waals surface area contributed by atoms with E-state index in [-0.39, 0.29) is 24.1 Å². The molecule has 0 radical (unpaired) electrons. The van der Waals surface area contributed by atoms with E-state index in [1.165, 1.54) is 14.2 Å². The number of Topliss-reactive ketones (excluding diaryl/α,β-unsaturated/α-hetero) is 1. The van der Waals surface area contributed by atoms with Crippen LogP contribution in [0.5, 0.6) is 0 Å². The Hall–Kier alpha value is -1.43. The van der Waals surface area contributed by atoms with E-state index in [0.717, 1.165) is 0 Å². The molecule has 0 saturated heterocycles. The minimum atomic E-state index is -0.981. The maximum atomic E-state index is 11.6. The van der Waals surface area contributed by atoms with Crippen molar-refractivity contribution in [3.05, 3.63) is 0 Å². The van der Waals surface area contributed by atoms with Crippen molar-refractivity contribution in [1.82, 2.24) is 0 Å². The Morgan fingerprint density at radius 2 is 1.30 bits per heavy atom. The molecule has 0 spiro atoms. The third kappa shape index (κ3) is 9.49. The lowest BCUT2D eigenvalue weighted by atomic mass is 10.0. The van der Waals surface area contributed by atoms with Gasteiger partial charge in [-0.3, -0.25) is 14.4 Å². The van der Waals surface area contributed by atoms with Crippen molar-refractivity contribution in [2.45, 2.75) is 57.5 Å². The van der Waals surface area contributed by atoms with E-state index in [1.807, 2.05) is 0 Å². The number of ether oxygens (including phenoxy) is 2. The van der Waals surface area contributed by atoms with Crippen molar-refractivity contribution < 1.29 is 29.0 Å².